The van der Waals surface area contributed by atoms with E-state index in [-0.39, 0.29) is 6.04 Å². The fourth-order valence-corrected chi connectivity index (χ4v) is 2.49. The Bertz CT molecular complexity index is 542. The number of rotatable bonds is 5. The number of halogens is 1. The van der Waals surface area contributed by atoms with Gasteiger partial charge in [0.05, 0.1) is 3.57 Å². The molecule has 2 rings (SSSR count). The molecule has 0 saturated heterocycles. The Kier molecular flexibility index (Phi) is 5.22. The van der Waals surface area contributed by atoms with Crippen molar-refractivity contribution in [3.05, 3.63) is 57.7 Å². The molecule has 1 unspecified atom stereocenters. The van der Waals surface area contributed by atoms with Crippen LogP contribution in [0.15, 0.2) is 48.5 Å². The largest absolute Gasteiger partial charge is 0.456 e. The molecule has 0 saturated carbocycles. The first-order valence-corrected chi connectivity index (χ1v) is 7.55. The standard InChI is InChI=1S/C16H18INO/c1-3-18-12(2)13-8-4-6-10-15(13)19-16-11-7-5-9-14(16)17/h4-12,18H,3H2,1-2H3. The minimum absolute atomic E-state index is 0.280. The molecule has 0 aliphatic rings. The third-order valence-electron chi connectivity index (χ3n) is 2.95. The van der Waals surface area contributed by atoms with Crippen LogP contribution in [0, 0.1) is 3.57 Å². The first-order chi connectivity index (χ1) is 9.22. The fourth-order valence-electron chi connectivity index (χ4n) is 1.99. The van der Waals surface area contributed by atoms with Crippen LogP contribution in [-0.4, -0.2) is 6.54 Å². The summed E-state index contributed by atoms with van der Waals surface area (Å²) in [5.41, 5.74) is 1.18. The van der Waals surface area contributed by atoms with Crippen molar-refractivity contribution in [1.82, 2.24) is 5.32 Å². The SMILES string of the molecule is CCNC(C)c1ccccc1Oc1ccccc1I. The molecule has 3 heteroatoms. The van der Waals surface area contributed by atoms with Crippen LogP contribution in [0.5, 0.6) is 11.5 Å². The zero-order valence-corrected chi connectivity index (χ0v) is 13.3. The van der Waals surface area contributed by atoms with Crippen molar-refractivity contribution in [2.45, 2.75) is 19.9 Å². The minimum atomic E-state index is 0.280. The number of ether oxygens (including phenoxy) is 1. The average Bonchev–Trinajstić information content (AvgIpc) is 2.42. The molecule has 19 heavy (non-hydrogen) atoms. The topological polar surface area (TPSA) is 21.3 Å². The Balaban J connectivity index is 2.28. The molecule has 0 aliphatic heterocycles. The van der Waals surface area contributed by atoms with Gasteiger partial charge in [0.2, 0.25) is 0 Å². The molecule has 0 aromatic heterocycles. The van der Waals surface area contributed by atoms with Crippen LogP contribution in [0.25, 0.3) is 0 Å². The number of para-hydroxylation sites is 2. The van der Waals surface area contributed by atoms with Crippen LogP contribution < -0.4 is 10.1 Å². The van der Waals surface area contributed by atoms with E-state index in [1.165, 1.54) is 5.56 Å². The van der Waals surface area contributed by atoms with Gasteiger partial charge in [-0.05, 0) is 54.3 Å². The van der Waals surface area contributed by atoms with Gasteiger partial charge in [0.25, 0.3) is 0 Å². The van der Waals surface area contributed by atoms with Crippen LogP contribution in [-0.2, 0) is 0 Å². The normalized spacial score (nSPS) is 12.2. The highest BCUT2D eigenvalue weighted by Crippen LogP contribution is 2.31. The summed E-state index contributed by atoms with van der Waals surface area (Å²) >= 11 is 2.29. The van der Waals surface area contributed by atoms with Crippen LogP contribution in [0.2, 0.25) is 0 Å². The number of benzene rings is 2. The highest BCUT2D eigenvalue weighted by Gasteiger charge is 2.11. The summed E-state index contributed by atoms with van der Waals surface area (Å²) in [7, 11) is 0. The third kappa shape index (κ3) is 3.70. The van der Waals surface area contributed by atoms with E-state index in [4.69, 9.17) is 4.74 Å². The van der Waals surface area contributed by atoms with Gasteiger partial charge in [0, 0.05) is 11.6 Å². The molecule has 0 spiro atoms. The highest BCUT2D eigenvalue weighted by atomic mass is 127. The molecule has 100 valence electrons. The molecule has 0 heterocycles. The number of hydrogen-bond acceptors (Lipinski definition) is 2. The van der Waals surface area contributed by atoms with Gasteiger partial charge in [0.15, 0.2) is 0 Å². The molecule has 0 amide bonds. The van der Waals surface area contributed by atoms with Crippen LogP contribution >= 0.6 is 22.6 Å². The first-order valence-electron chi connectivity index (χ1n) is 6.47. The van der Waals surface area contributed by atoms with E-state index in [1.807, 2.05) is 42.5 Å². The van der Waals surface area contributed by atoms with E-state index < -0.39 is 0 Å². The van der Waals surface area contributed by atoms with Crippen LogP contribution in [0.1, 0.15) is 25.5 Å². The maximum atomic E-state index is 6.06. The van der Waals surface area contributed by atoms with Gasteiger partial charge in [-0.25, -0.2) is 0 Å². The van der Waals surface area contributed by atoms with Gasteiger partial charge in [0.1, 0.15) is 11.5 Å². The fraction of sp³-hybridized carbons (Fsp3) is 0.250. The first kappa shape index (κ1) is 14.3. The lowest BCUT2D eigenvalue weighted by molar-refractivity contribution is 0.460. The monoisotopic (exact) mass is 367 g/mol. The zero-order valence-electron chi connectivity index (χ0n) is 11.2. The summed E-state index contributed by atoms with van der Waals surface area (Å²) < 4.78 is 7.18. The molecule has 0 fully saturated rings. The second kappa shape index (κ2) is 6.91. The van der Waals surface area contributed by atoms with Gasteiger partial charge in [-0.3, -0.25) is 0 Å². The lowest BCUT2D eigenvalue weighted by atomic mass is 10.1. The smallest absolute Gasteiger partial charge is 0.140 e. The Morgan fingerprint density at radius 2 is 1.68 bits per heavy atom. The molecule has 0 radical (unpaired) electrons. The Morgan fingerprint density at radius 3 is 2.37 bits per heavy atom. The summed E-state index contributed by atoms with van der Waals surface area (Å²) in [5, 5.41) is 3.42. The maximum absolute atomic E-state index is 6.06. The Hall–Kier alpha value is -1.07. The van der Waals surface area contributed by atoms with E-state index in [0.29, 0.717) is 0 Å². The summed E-state index contributed by atoms with van der Waals surface area (Å²) in [4.78, 5) is 0. The van der Waals surface area contributed by atoms with Crippen molar-refractivity contribution in [3.8, 4) is 11.5 Å². The lowest BCUT2D eigenvalue weighted by Crippen LogP contribution is -2.18. The van der Waals surface area contributed by atoms with E-state index in [9.17, 15) is 0 Å². The number of nitrogens with one attached hydrogen (secondary N) is 1. The lowest BCUT2D eigenvalue weighted by Gasteiger charge is -2.17. The summed E-state index contributed by atoms with van der Waals surface area (Å²) in [6, 6.07) is 16.5. The molecule has 0 aliphatic carbocycles. The molecule has 1 atom stereocenters. The maximum Gasteiger partial charge on any atom is 0.140 e. The Morgan fingerprint density at radius 1 is 1.05 bits per heavy atom. The average molecular weight is 367 g/mol. The number of hydrogen-bond donors (Lipinski definition) is 1. The van der Waals surface area contributed by atoms with Crippen molar-refractivity contribution >= 4 is 22.6 Å². The second-order valence-corrected chi connectivity index (χ2v) is 5.51. The quantitative estimate of drug-likeness (QED) is 0.770. The molecule has 2 aromatic carbocycles. The summed E-state index contributed by atoms with van der Waals surface area (Å²) in [6.07, 6.45) is 0. The summed E-state index contributed by atoms with van der Waals surface area (Å²) in [6.45, 7) is 5.21. The molecular weight excluding hydrogens is 349 g/mol. The van der Waals surface area contributed by atoms with E-state index in [0.717, 1.165) is 21.6 Å². The Labute approximate surface area is 128 Å². The van der Waals surface area contributed by atoms with Gasteiger partial charge in [-0.15, -0.1) is 0 Å². The highest BCUT2D eigenvalue weighted by molar-refractivity contribution is 14.1. The van der Waals surface area contributed by atoms with E-state index in [1.54, 1.807) is 0 Å². The van der Waals surface area contributed by atoms with Crippen LogP contribution in [0.4, 0.5) is 0 Å². The third-order valence-corrected chi connectivity index (χ3v) is 3.84. The van der Waals surface area contributed by atoms with Crippen molar-refractivity contribution in [3.63, 3.8) is 0 Å². The molecule has 2 aromatic rings. The molecular formula is C16H18INO. The molecule has 2 nitrogen and oxygen atoms in total. The van der Waals surface area contributed by atoms with Gasteiger partial charge in [-0.2, -0.15) is 0 Å². The van der Waals surface area contributed by atoms with E-state index in [2.05, 4.69) is 47.8 Å². The predicted molar refractivity (Wildman–Crippen MR) is 87.8 cm³/mol. The minimum Gasteiger partial charge on any atom is -0.456 e. The second-order valence-electron chi connectivity index (χ2n) is 4.35. The van der Waals surface area contributed by atoms with E-state index >= 15 is 0 Å². The van der Waals surface area contributed by atoms with Crippen molar-refractivity contribution in [1.29, 1.82) is 0 Å². The van der Waals surface area contributed by atoms with Gasteiger partial charge in [-0.1, -0.05) is 37.3 Å². The van der Waals surface area contributed by atoms with Crippen LogP contribution in [0.3, 0.4) is 0 Å². The van der Waals surface area contributed by atoms with Crippen molar-refractivity contribution < 1.29 is 4.74 Å². The zero-order chi connectivity index (χ0) is 13.7. The van der Waals surface area contributed by atoms with Crippen molar-refractivity contribution in [2.24, 2.45) is 0 Å². The van der Waals surface area contributed by atoms with Gasteiger partial charge >= 0.3 is 0 Å². The molecule has 0 bridgehead atoms. The molecule has 1 N–H and O–H groups in total. The predicted octanol–water partition coefficient (Wildman–Crippen LogP) is 4.75. The summed E-state index contributed by atoms with van der Waals surface area (Å²) in [5.74, 6) is 1.82. The van der Waals surface area contributed by atoms with Crippen molar-refractivity contribution in [2.75, 3.05) is 6.54 Å². The van der Waals surface area contributed by atoms with Gasteiger partial charge < -0.3 is 10.1 Å².